The van der Waals surface area contributed by atoms with Crippen LogP contribution in [0.25, 0.3) is 0 Å². The van der Waals surface area contributed by atoms with Crippen molar-refractivity contribution in [2.45, 2.75) is 52.1 Å². The molecule has 0 spiro atoms. The summed E-state index contributed by atoms with van der Waals surface area (Å²) in [5.74, 6) is -0.366. The highest BCUT2D eigenvalue weighted by Gasteiger charge is 2.62. The molecule has 0 bridgehead atoms. The van der Waals surface area contributed by atoms with Crippen LogP contribution in [0.3, 0.4) is 0 Å². The van der Waals surface area contributed by atoms with Crippen LogP contribution in [-0.4, -0.2) is 23.4 Å². The van der Waals surface area contributed by atoms with Crippen molar-refractivity contribution >= 4 is 11.8 Å². The lowest BCUT2D eigenvalue weighted by Gasteiger charge is -2.22. The highest BCUT2D eigenvalue weighted by Crippen LogP contribution is 2.64. The third-order valence-electron chi connectivity index (χ3n) is 4.31. The van der Waals surface area contributed by atoms with Crippen molar-refractivity contribution in [2.75, 3.05) is 11.9 Å². The van der Waals surface area contributed by atoms with Gasteiger partial charge in [0.2, 0.25) is 0 Å². The van der Waals surface area contributed by atoms with Crippen molar-refractivity contribution < 1.29 is 19.0 Å². The number of aliphatic hydroxyl groups is 1. The average Bonchev–Trinajstić information content (AvgIpc) is 2.92. The molecule has 4 nitrogen and oxygen atoms in total. The number of amides is 1. The summed E-state index contributed by atoms with van der Waals surface area (Å²) in [6, 6.07) is 4.39. The second-order valence-corrected chi connectivity index (χ2v) is 7.62. The lowest BCUT2D eigenvalue weighted by molar-refractivity contribution is 0.0636. The third-order valence-corrected chi connectivity index (χ3v) is 4.31. The predicted molar refractivity (Wildman–Crippen MR) is 83.4 cm³/mol. The minimum absolute atomic E-state index is 0.118. The van der Waals surface area contributed by atoms with Crippen LogP contribution in [0.15, 0.2) is 18.2 Å². The molecule has 1 unspecified atom stereocenters. The zero-order valence-electron chi connectivity index (χ0n) is 13.8. The van der Waals surface area contributed by atoms with E-state index in [9.17, 15) is 14.3 Å². The van der Waals surface area contributed by atoms with Gasteiger partial charge < -0.3 is 9.84 Å². The van der Waals surface area contributed by atoms with Crippen LogP contribution in [0.5, 0.6) is 0 Å². The summed E-state index contributed by atoms with van der Waals surface area (Å²) in [5, 5.41) is 12.3. The van der Waals surface area contributed by atoms with Gasteiger partial charge in [0.15, 0.2) is 0 Å². The summed E-state index contributed by atoms with van der Waals surface area (Å²) in [5.41, 5.74) is -0.442. The first-order valence-corrected chi connectivity index (χ1v) is 7.42. The fourth-order valence-corrected chi connectivity index (χ4v) is 2.92. The number of nitrogens with one attached hydrogen (secondary N) is 1. The Bertz CT molecular complexity index is 592. The van der Waals surface area contributed by atoms with Crippen LogP contribution in [0, 0.1) is 11.2 Å². The molecule has 2 N–H and O–H groups in total. The topological polar surface area (TPSA) is 58.6 Å². The Balaban J connectivity index is 2.23. The van der Waals surface area contributed by atoms with E-state index < -0.39 is 17.1 Å². The summed E-state index contributed by atoms with van der Waals surface area (Å²) in [7, 11) is 0. The van der Waals surface area contributed by atoms with Gasteiger partial charge in [-0.1, -0.05) is 13.8 Å². The molecule has 122 valence electrons. The molecule has 0 radical (unpaired) electrons. The number of carbonyl (C=O) groups is 1. The first-order valence-electron chi connectivity index (χ1n) is 7.42. The van der Waals surface area contributed by atoms with E-state index in [0.29, 0.717) is 17.7 Å². The van der Waals surface area contributed by atoms with E-state index in [1.165, 1.54) is 12.1 Å². The van der Waals surface area contributed by atoms with E-state index in [4.69, 9.17) is 4.74 Å². The molecule has 5 heteroatoms. The monoisotopic (exact) mass is 309 g/mol. The molecule has 0 saturated heterocycles. The molecule has 2 rings (SSSR count). The maximum atomic E-state index is 14.2. The van der Waals surface area contributed by atoms with Gasteiger partial charge in [-0.15, -0.1) is 0 Å². The number of rotatable bonds is 3. The highest BCUT2D eigenvalue weighted by molar-refractivity contribution is 5.85. The summed E-state index contributed by atoms with van der Waals surface area (Å²) < 4.78 is 19.4. The SMILES string of the molecule is CC(C)(C)OC(=O)Nc1ccc(F)c(C2(CO)CC2(C)C)c1. The molecule has 1 atom stereocenters. The third kappa shape index (κ3) is 3.09. The molecule has 0 heterocycles. The number of hydrogen-bond donors (Lipinski definition) is 2. The summed E-state index contributed by atoms with van der Waals surface area (Å²) in [6.07, 6.45) is 0.127. The second-order valence-electron chi connectivity index (χ2n) is 7.62. The second kappa shape index (κ2) is 5.23. The Morgan fingerprint density at radius 1 is 1.41 bits per heavy atom. The molecule has 1 aromatic rings. The molecule has 1 amide bonds. The molecule has 1 saturated carbocycles. The van der Waals surface area contributed by atoms with Crippen LogP contribution in [0.2, 0.25) is 0 Å². The van der Waals surface area contributed by atoms with Gasteiger partial charge in [0.25, 0.3) is 0 Å². The van der Waals surface area contributed by atoms with E-state index in [1.54, 1.807) is 26.8 Å². The van der Waals surface area contributed by atoms with Gasteiger partial charge in [0, 0.05) is 11.1 Å². The number of ether oxygens (including phenoxy) is 1. The zero-order valence-corrected chi connectivity index (χ0v) is 13.8. The van der Waals surface area contributed by atoms with E-state index in [1.807, 2.05) is 13.8 Å². The molecule has 1 aliphatic rings. The van der Waals surface area contributed by atoms with E-state index >= 15 is 0 Å². The van der Waals surface area contributed by atoms with Gasteiger partial charge >= 0.3 is 6.09 Å². The lowest BCUT2D eigenvalue weighted by atomic mass is 9.88. The molecular weight excluding hydrogens is 285 g/mol. The Hall–Kier alpha value is -1.62. The number of carbonyl (C=O) groups excluding carboxylic acids is 1. The van der Waals surface area contributed by atoms with Gasteiger partial charge in [0.05, 0.1) is 6.61 Å². The van der Waals surface area contributed by atoms with Crippen LogP contribution in [-0.2, 0) is 10.2 Å². The van der Waals surface area contributed by atoms with Crippen molar-refractivity contribution in [1.82, 2.24) is 0 Å². The molecule has 0 aliphatic heterocycles. The highest BCUT2D eigenvalue weighted by atomic mass is 19.1. The van der Waals surface area contributed by atoms with E-state index in [2.05, 4.69) is 5.32 Å². The number of halogens is 1. The summed E-state index contributed by atoms with van der Waals surface area (Å²) in [4.78, 5) is 11.8. The fraction of sp³-hybridized carbons (Fsp3) is 0.588. The van der Waals surface area contributed by atoms with Gasteiger partial charge in [0.1, 0.15) is 11.4 Å². The Labute approximate surface area is 130 Å². The number of anilines is 1. The van der Waals surface area contributed by atoms with Crippen LogP contribution in [0.1, 0.15) is 46.6 Å². The van der Waals surface area contributed by atoms with Crippen LogP contribution < -0.4 is 5.32 Å². The molecule has 1 fully saturated rings. The maximum absolute atomic E-state index is 14.2. The predicted octanol–water partition coefficient (Wildman–Crippen LogP) is 3.83. The quantitative estimate of drug-likeness (QED) is 0.892. The number of aliphatic hydroxyl groups excluding tert-OH is 1. The maximum Gasteiger partial charge on any atom is 0.412 e. The Morgan fingerprint density at radius 2 is 2.00 bits per heavy atom. The van der Waals surface area contributed by atoms with Crippen LogP contribution in [0.4, 0.5) is 14.9 Å². The molecule has 0 aromatic heterocycles. The molecule has 1 aliphatic carbocycles. The van der Waals surface area contributed by atoms with Crippen molar-refractivity contribution in [3.8, 4) is 0 Å². The fourth-order valence-electron chi connectivity index (χ4n) is 2.92. The minimum Gasteiger partial charge on any atom is -0.444 e. The zero-order chi connectivity index (χ0) is 16.8. The molecule has 1 aromatic carbocycles. The largest absolute Gasteiger partial charge is 0.444 e. The average molecular weight is 309 g/mol. The number of benzene rings is 1. The van der Waals surface area contributed by atoms with Crippen molar-refractivity contribution in [3.63, 3.8) is 0 Å². The van der Waals surface area contributed by atoms with E-state index in [-0.39, 0.29) is 17.8 Å². The smallest absolute Gasteiger partial charge is 0.412 e. The Kier molecular flexibility index (Phi) is 3.98. The van der Waals surface area contributed by atoms with Crippen molar-refractivity contribution in [3.05, 3.63) is 29.6 Å². The summed E-state index contributed by atoms with van der Waals surface area (Å²) in [6.45, 7) is 9.20. The normalized spacial score (nSPS) is 23.0. The van der Waals surface area contributed by atoms with Gasteiger partial charge in [-0.25, -0.2) is 9.18 Å². The molecule has 22 heavy (non-hydrogen) atoms. The van der Waals surface area contributed by atoms with Crippen molar-refractivity contribution in [2.24, 2.45) is 5.41 Å². The summed E-state index contributed by atoms with van der Waals surface area (Å²) >= 11 is 0. The lowest BCUT2D eigenvalue weighted by Crippen LogP contribution is -2.27. The first-order chi connectivity index (χ1) is 10.0. The van der Waals surface area contributed by atoms with Gasteiger partial charge in [-0.2, -0.15) is 0 Å². The molecular formula is C17H24FNO3. The van der Waals surface area contributed by atoms with E-state index in [0.717, 1.165) is 0 Å². The number of hydrogen-bond acceptors (Lipinski definition) is 3. The van der Waals surface area contributed by atoms with Crippen LogP contribution >= 0.6 is 0 Å². The Morgan fingerprint density at radius 3 is 2.45 bits per heavy atom. The van der Waals surface area contributed by atoms with Gasteiger partial charge in [-0.05, 0) is 56.4 Å². The van der Waals surface area contributed by atoms with Gasteiger partial charge in [-0.3, -0.25) is 5.32 Å². The van der Waals surface area contributed by atoms with Crippen molar-refractivity contribution in [1.29, 1.82) is 0 Å². The first kappa shape index (κ1) is 16.7. The minimum atomic E-state index is -0.599. The standard InChI is InChI=1S/C17H24FNO3/c1-15(2,3)22-14(21)19-11-6-7-13(18)12(8-11)17(10-20)9-16(17,4)5/h6-8,20H,9-10H2,1-5H3,(H,19,21).